The quantitative estimate of drug-likeness (QED) is 0.741. The van der Waals surface area contributed by atoms with Crippen LogP contribution in [-0.4, -0.2) is 18.3 Å². The molecule has 1 unspecified atom stereocenters. The highest BCUT2D eigenvalue weighted by Gasteiger charge is 2.18. The van der Waals surface area contributed by atoms with Crippen LogP contribution in [-0.2, 0) is 6.42 Å². The molecule has 0 saturated carbocycles. The number of aliphatic hydroxyl groups is 1. The maximum absolute atomic E-state index is 8.72. The van der Waals surface area contributed by atoms with Gasteiger partial charge < -0.3 is 10.4 Å². The van der Waals surface area contributed by atoms with Gasteiger partial charge in [0, 0.05) is 12.6 Å². The van der Waals surface area contributed by atoms with E-state index in [1.807, 2.05) is 0 Å². The lowest BCUT2D eigenvalue weighted by atomic mass is 9.88. The molecule has 0 aliphatic heterocycles. The van der Waals surface area contributed by atoms with E-state index >= 15 is 0 Å². The lowest BCUT2D eigenvalue weighted by Gasteiger charge is -2.26. The third-order valence-corrected chi connectivity index (χ3v) is 3.60. The molecular formula is C15H23NO. The highest BCUT2D eigenvalue weighted by atomic mass is 16.2. The van der Waals surface area contributed by atoms with Crippen LogP contribution < -0.4 is 5.32 Å². The van der Waals surface area contributed by atoms with Crippen molar-refractivity contribution in [2.24, 2.45) is 0 Å². The van der Waals surface area contributed by atoms with Crippen LogP contribution in [0.1, 0.15) is 49.3 Å². The Hall–Kier alpha value is -0.860. The highest BCUT2D eigenvalue weighted by Crippen LogP contribution is 2.29. The summed E-state index contributed by atoms with van der Waals surface area (Å²) >= 11 is 0. The molecule has 0 amide bonds. The van der Waals surface area contributed by atoms with E-state index in [2.05, 4.69) is 29.6 Å². The van der Waals surface area contributed by atoms with Crippen molar-refractivity contribution in [3.8, 4) is 0 Å². The Balaban J connectivity index is 1.82. The molecule has 2 heteroatoms. The molecule has 0 aromatic heterocycles. The number of aliphatic hydroxyl groups excluding tert-OH is 1. The van der Waals surface area contributed by atoms with Gasteiger partial charge in [0.2, 0.25) is 0 Å². The molecule has 0 fully saturated rings. The third-order valence-electron chi connectivity index (χ3n) is 3.60. The molecule has 0 radical (unpaired) electrons. The van der Waals surface area contributed by atoms with Gasteiger partial charge in [0.15, 0.2) is 0 Å². The van der Waals surface area contributed by atoms with Crippen LogP contribution in [0.15, 0.2) is 24.3 Å². The Bertz CT molecular complexity index is 337. The molecule has 0 saturated heterocycles. The van der Waals surface area contributed by atoms with Crippen LogP contribution in [0.25, 0.3) is 0 Å². The van der Waals surface area contributed by atoms with Gasteiger partial charge in [-0.1, -0.05) is 24.3 Å². The number of benzene rings is 1. The van der Waals surface area contributed by atoms with Gasteiger partial charge in [-0.15, -0.1) is 0 Å². The molecule has 0 bridgehead atoms. The summed E-state index contributed by atoms with van der Waals surface area (Å²) in [6.45, 7) is 1.39. The predicted molar refractivity (Wildman–Crippen MR) is 71.1 cm³/mol. The summed E-state index contributed by atoms with van der Waals surface area (Å²) in [7, 11) is 0. The number of aryl methyl sites for hydroxylation is 1. The van der Waals surface area contributed by atoms with E-state index in [1.165, 1.54) is 36.8 Å². The van der Waals surface area contributed by atoms with Crippen molar-refractivity contribution < 1.29 is 5.11 Å². The second-order valence-electron chi connectivity index (χ2n) is 4.88. The summed E-state index contributed by atoms with van der Waals surface area (Å²) in [4.78, 5) is 0. The van der Waals surface area contributed by atoms with Gasteiger partial charge >= 0.3 is 0 Å². The summed E-state index contributed by atoms with van der Waals surface area (Å²) < 4.78 is 0. The van der Waals surface area contributed by atoms with E-state index < -0.39 is 0 Å². The largest absolute Gasteiger partial charge is 0.396 e. The number of unbranched alkanes of at least 4 members (excludes halogenated alkanes) is 2. The molecule has 1 aliphatic rings. The number of fused-ring (bicyclic) bond motifs is 1. The molecule has 0 spiro atoms. The summed E-state index contributed by atoms with van der Waals surface area (Å²) in [6, 6.07) is 9.36. The van der Waals surface area contributed by atoms with Crippen LogP contribution in [0, 0.1) is 0 Å². The molecule has 17 heavy (non-hydrogen) atoms. The van der Waals surface area contributed by atoms with E-state index in [-0.39, 0.29) is 0 Å². The molecule has 2 N–H and O–H groups in total. The van der Waals surface area contributed by atoms with Gasteiger partial charge in [0.05, 0.1) is 0 Å². The lowest BCUT2D eigenvalue weighted by molar-refractivity contribution is 0.282. The molecular weight excluding hydrogens is 210 g/mol. The minimum absolute atomic E-state index is 0.326. The SMILES string of the molecule is OCCCCCNC1CCCc2ccccc21. The fourth-order valence-corrected chi connectivity index (χ4v) is 2.66. The Morgan fingerprint density at radius 3 is 2.94 bits per heavy atom. The average Bonchev–Trinajstić information content (AvgIpc) is 2.39. The normalized spacial score (nSPS) is 19.0. The number of rotatable bonds is 6. The van der Waals surface area contributed by atoms with Gasteiger partial charge in [-0.3, -0.25) is 0 Å². The van der Waals surface area contributed by atoms with Crippen molar-refractivity contribution in [1.29, 1.82) is 0 Å². The van der Waals surface area contributed by atoms with E-state index in [0.29, 0.717) is 12.6 Å². The van der Waals surface area contributed by atoms with Crippen molar-refractivity contribution in [2.45, 2.75) is 44.6 Å². The zero-order valence-corrected chi connectivity index (χ0v) is 10.5. The second kappa shape index (κ2) is 6.77. The summed E-state index contributed by atoms with van der Waals surface area (Å²) in [5, 5.41) is 12.4. The minimum atomic E-state index is 0.326. The minimum Gasteiger partial charge on any atom is -0.396 e. The van der Waals surface area contributed by atoms with Gasteiger partial charge in [0.1, 0.15) is 0 Å². The van der Waals surface area contributed by atoms with Gasteiger partial charge in [0.25, 0.3) is 0 Å². The van der Waals surface area contributed by atoms with E-state index in [1.54, 1.807) is 0 Å². The first-order valence-corrected chi connectivity index (χ1v) is 6.84. The van der Waals surface area contributed by atoms with Crippen LogP contribution in [0.3, 0.4) is 0 Å². The first kappa shape index (κ1) is 12.6. The van der Waals surface area contributed by atoms with Crippen LogP contribution in [0.4, 0.5) is 0 Å². The number of hydrogen-bond donors (Lipinski definition) is 2. The first-order valence-electron chi connectivity index (χ1n) is 6.84. The summed E-state index contributed by atoms with van der Waals surface area (Å²) in [5.41, 5.74) is 3.02. The van der Waals surface area contributed by atoms with Crippen LogP contribution in [0.2, 0.25) is 0 Å². The third kappa shape index (κ3) is 3.55. The zero-order chi connectivity index (χ0) is 11.9. The maximum Gasteiger partial charge on any atom is 0.0431 e. The Labute approximate surface area is 104 Å². The highest BCUT2D eigenvalue weighted by molar-refractivity contribution is 5.32. The van der Waals surface area contributed by atoms with Crippen molar-refractivity contribution >= 4 is 0 Å². The number of nitrogens with one attached hydrogen (secondary N) is 1. The molecule has 1 aromatic carbocycles. The topological polar surface area (TPSA) is 32.3 Å². The van der Waals surface area contributed by atoms with E-state index in [9.17, 15) is 0 Å². The Morgan fingerprint density at radius 2 is 2.06 bits per heavy atom. The fraction of sp³-hybridized carbons (Fsp3) is 0.600. The molecule has 1 aliphatic carbocycles. The monoisotopic (exact) mass is 233 g/mol. The molecule has 1 aromatic rings. The molecule has 1 atom stereocenters. The van der Waals surface area contributed by atoms with Crippen LogP contribution >= 0.6 is 0 Å². The first-order chi connectivity index (χ1) is 8.42. The molecule has 2 rings (SSSR count). The standard InChI is InChI=1S/C15H23NO/c17-12-5-1-4-11-16-15-10-6-8-13-7-2-3-9-14(13)15/h2-3,7,9,15-17H,1,4-6,8,10-12H2. The predicted octanol–water partition coefficient (Wildman–Crippen LogP) is 2.82. The van der Waals surface area contributed by atoms with Crippen molar-refractivity contribution in [1.82, 2.24) is 5.32 Å². The van der Waals surface area contributed by atoms with Gasteiger partial charge in [-0.05, 0) is 56.2 Å². The van der Waals surface area contributed by atoms with Crippen molar-refractivity contribution in [2.75, 3.05) is 13.2 Å². The molecule has 0 heterocycles. The van der Waals surface area contributed by atoms with Gasteiger partial charge in [-0.25, -0.2) is 0 Å². The average molecular weight is 233 g/mol. The second-order valence-corrected chi connectivity index (χ2v) is 4.88. The Morgan fingerprint density at radius 1 is 1.18 bits per heavy atom. The summed E-state index contributed by atoms with van der Waals surface area (Å²) in [6.07, 6.45) is 7.02. The van der Waals surface area contributed by atoms with Crippen molar-refractivity contribution in [3.05, 3.63) is 35.4 Å². The summed E-state index contributed by atoms with van der Waals surface area (Å²) in [5.74, 6) is 0. The van der Waals surface area contributed by atoms with Crippen molar-refractivity contribution in [3.63, 3.8) is 0 Å². The Kier molecular flexibility index (Phi) is 5.02. The smallest absolute Gasteiger partial charge is 0.0431 e. The fourth-order valence-electron chi connectivity index (χ4n) is 2.66. The zero-order valence-electron chi connectivity index (χ0n) is 10.5. The van der Waals surface area contributed by atoms with E-state index in [0.717, 1.165) is 19.4 Å². The number of hydrogen-bond acceptors (Lipinski definition) is 2. The molecule has 2 nitrogen and oxygen atoms in total. The van der Waals surface area contributed by atoms with Gasteiger partial charge in [-0.2, -0.15) is 0 Å². The van der Waals surface area contributed by atoms with E-state index in [4.69, 9.17) is 5.11 Å². The lowest BCUT2D eigenvalue weighted by Crippen LogP contribution is -2.26. The maximum atomic E-state index is 8.72. The van der Waals surface area contributed by atoms with Crippen LogP contribution in [0.5, 0.6) is 0 Å². The molecule has 94 valence electrons.